The molecule has 1 aromatic heterocycles. The van der Waals surface area contributed by atoms with Crippen LogP contribution in [0.1, 0.15) is 5.82 Å². The normalized spacial score (nSPS) is 11.3. The van der Waals surface area contributed by atoms with Crippen molar-refractivity contribution < 1.29 is 8.42 Å². The van der Waals surface area contributed by atoms with E-state index in [4.69, 9.17) is 0 Å². The average molecular weight is 249 g/mol. The zero-order valence-corrected chi connectivity index (χ0v) is 9.76. The summed E-state index contributed by atoms with van der Waals surface area (Å²) in [5.74, 6) is 0.437. The SMILES string of the molecule is O=S(=O)(NCc1ncccn1)c1ccccc1. The zero-order chi connectivity index (χ0) is 12.1. The molecule has 0 bridgehead atoms. The molecule has 0 fully saturated rings. The molecule has 0 atom stereocenters. The summed E-state index contributed by atoms with van der Waals surface area (Å²) in [5, 5.41) is 0. The first-order valence-corrected chi connectivity index (χ1v) is 6.47. The third-order valence-electron chi connectivity index (χ3n) is 2.09. The summed E-state index contributed by atoms with van der Waals surface area (Å²) < 4.78 is 26.1. The minimum Gasteiger partial charge on any atom is -0.240 e. The lowest BCUT2D eigenvalue weighted by Crippen LogP contribution is -2.24. The second-order valence-corrected chi connectivity index (χ2v) is 5.07. The Morgan fingerprint density at radius 2 is 1.65 bits per heavy atom. The second kappa shape index (κ2) is 5.03. The van der Waals surface area contributed by atoms with Crippen molar-refractivity contribution in [3.63, 3.8) is 0 Å². The number of nitrogens with one attached hydrogen (secondary N) is 1. The third kappa shape index (κ3) is 3.08. The van der Waals surface area contributed by atoms with Gasteiger partial charge in [0.15, 0.2) is 0 Å². The van der Waals surface area contributed by atoms with Gasteiger partial charge in [0.2, 0.25) is 10.0 Å². The highest BCUT2D eigenvalue weighted by atomic mass is 32.2. The number of sulfonamides is 1. The van der Waals surface area contributed by atoms with Gasteiger partial charge in [0.25, 0.3) is 0 Å². The molecule has 1 N–H and O–H groups in total. The molecule has 2 aromatic rings. The van der Waals surface area contributed by atoms with Gasteiger partial charge in [0.05, 0.1) is 11.4 Å². The van der Waals surface area contributed by atoms with Crippen LogP contribution < -0.4 is 4.72 Å². The topological polar surface area (TPSA) is 72.0 Å². The third-order valence-corrected chi connectivity index (χ3v) is 3.51. The van der Waals surface area contributed by atoms with Crippen molar-refractivity contribution in [2.45, 2.75) is 11.4 Å². The molecule has 88 valence electrons. The van der Waals surface area contributed by atoms with Gasteiger partial charge in [-0.25, -0.2) is 23.1 Å². The molecule has 0 aliphatic rings. The molecule has 0 aliphatic heterocycles. The first-order chi connectivity index (χ1) is 8.18. The van der Waals surface area contributed by atoms with Crippen LogP contribution >= 0.6 is 0 Å². The molecule has 6 heteroatoms. The lowest BCUT2D eigenvalue weighted by atomic mass is 10.4. The van der Waals surface area contributed by atoms with Gasteiger partial charge in [-0.1, -0.05) is 18.2 Å². The molecule has 0 spiro atoms. The Labute approximate surface area is 99.6 Å². The maximum Gasteiger partial charge on any atom is 0.240 e. The second-order valence-electron chi connectivity index (χ2n) is 3.30. The van der Waals surface area contributed by atoms with Gasteiger partial charge >= 0.3 is 0 Å². The van der Waals surface area contributed by atoms with E-state index in [0.29, 0.717) is 5.82 Å². The van der Waals surface area contributed by atoms with E-state index in [0.717, 1.165) is 0 Å². The van der Waals surface area contributed by atoms with Crippen LogP contribution in [0.25, 0.3) is 0 Å². The molecular formula is C11H11N3O2S. The van der Waals surface area contributed by atoms with Crippen molar-refractivity contribution in [3.8, 4) is 0 Å². The van der Waals surface area contributed by atoms with Gasteiger partial charge in [-0.05, 0) is 18.2 Å². The van der Waals surface area contributed by atoms with Crippen LogP contribution in [0.5, 0.6) is 0 Å². The van der Waals surface area contributed by atoms with Crippen LogP contribution in [-0.4, -0.2) is 18.4 Å². The Morgan fingerprint density at radius 1 is 1.00 bits per heavy atom. The van der Waals surface area contributed by atoms with Gasteiger partial charge in [0, 0.05) is 12.4 Å². The lowest BCUT2D eigenvalue weighted by Gasteiger charge is -2.05. The van der Waals surface area contributed by atoms with Crippen molar-refractivity contribution in [1.82, 2.24) is 14.7 Å². The first kappa shape index (κ1) is 11.7. The van der Waals surface area contributed by atoms with E-state index in [1.807, 2.05) is 0 Å². The number of hydrogen-bond donors (Lipinski definition) is 1. The highest BCUT2D eigenvalue weighted by Crippen LogP contribution is 2.07. The summed E-state index contributed by atoms with van der Waals surface area (Å²) in [6.45, 7) is 0.0814. The minimum absolute atomic E-state index is 0.0814. The number of nitrogens with zero attached hydrogens (tertiary/aromatic N) is 2. The van der Waals surface area contributed by atoms with Crippen molar-refractivity contribution in [2.75, 3.05) is 0 Å². The molecule has 1 heterocycles. The van der Waals surface area contributed by atoms with Gasteiger partial charge in [-0.2, -0.15) is 0 Å². The fourth-order valence-electron chi connectivity index (χ4n) is 1.26. The van der Waals surface area contributed by atoms with Crippen molar-refractivity contribution >= 4 is 10.0 Å². The van der Waals surface area contributed by atoms with Gasteiger partial charge < -0.3 is 0 Å². The Morgan fingerprint density at radius 3 is 2.29 bits per heavy atom. The molecule has 1 aromatic carbocycles. The standard InChI is InChI=1S/C11H11N3O2S/c15-17(16,10-5-2-1-3-6-10)14-9-11-12-7-4-8-13-11/h1-8,14H,9H2. The monoisotopic (exact) mass is 249 g/mol. The quantitative estimate of drug-likeness (QED) is 0.875. The van der Waals surface area contributed by atoms with Gasteiger partial charge in [0.1, 0.15) is 5.82 Å². The predicted octanol–water partition coefficient (Wildman–Crippen LogP) is 0.955. The molecule has 17 heavy (non-hydrogen) atoms. The molecule has 5 nitrogen and oxygen atoms in total. The van der Waals surface area contributed by atoms with E-state index in [-0.39, 0.29) is 11.4 Å². The van der Waals surface area contributed by atoms with Crippen molar-refractivity contribution in [2.24, 2.45) is 0 Å². The van der Waals surface area contributed by atoms with Crippen LogP contribution in [0.15, 0.2) is 53.7 Å². The van der Waals surface area contributed by atoms with Crippen molar-refractivity contribution in [3.05, 3.63) is 54.6 Å². The maximum atomic E-state index is 11.8. The first-order valence-electron chi connectivity index (χ1n) is 4.99. The average Bonchev–Trinajstić information content (AvgIpc) is 2.39. The van der Waals surface area contributed by atoms with Crippen LogP contribution in [0, 0.1) is 0 Å². The Bertz CT molecular complexity index is 570. The number of aromatic nitrogens is 2. The van der Waals surface area contributed by atoms with Gasteiger partial charge in [-0.3, -0.25) is 0 Å². The summed E-state index contributed by atoms with van der Waals surface area (Å²) in [7, 11) is -3.49. The van der Waals surface area contributed by atoms with E-state index < -0.39 is 10.0 Å². The molecule has 0 saturated carbocycles. The van der Waals surface area contributed by atoms with Gasteiger partial charge in [-0.15, -0.1) is 0 Å². The highest BCUT2D eigenvalue weighted by Gasteiger charge is 2.12. The minimum atomic E-state index is -3.49. The Balaban J connectivity index is 2.09. The van der Waals surface area contributed by atoms with Crippen LogP contribution in [0.4, 0.5) is 0 Å². The largest absolute Gasteiger partial charge is 0.240 e. The highest BCUT2D eigenvalue weighted by molar-refractivity contribution is 7.89. The summed E-state index contributed by atoms with van der Waals surface area (Å²) >= 11 is 0. The van der Waals surface area contributed by atoms with Crippen LogP contribution in [0.2, 0.25) is 0 Å². The predicted molar refractivity (Wildman–Crippen MR) is 62.5 cm³/mol. The number of hydrogen-bond acceptors (Lipinski definition) is 4. The fourth-order valence-corrected chi connectivity index (χ4v) is 2.27. The Kier molecular flexibility index (Phi) is 3.46. The maximum absolute atomic E-state index is 11.8. The van der Waals surface area contributed by atoms with Crippen LogP contribution in [-0.2, 0) is 16.6 Å². The summed E-state index contributed by atoms with van der Waals surface area (Å²) in [6, 6.07) is 9.86. The summed E-state index contributed by atoms with van der Waals surface area (Å²) in [6.07, 6.45) is 3.14. The molecule has 0 aliphatic carbocycles. The molecule has 0 amide bonds. The van der Waals surface area contributed by atoms with E-state index in [2.05, 4.69) is 14.7 Å². The van der Waals surface area contributed by atoms with Crippen LogP contribution in [0.3, 0.4) is 0 Å². The smallest absolute Gasteiger partial charge is 0.240 e. The van der Waals surface area contributed by atoms with E-state index in [1.54, 1.807) is 36.7 Å². The van der Waals surface area contributed by atoms with E-state index in [9.17, 15) is 8.42 Å². The number of rotatable bonds is 4. The lowest BCUT2D eigenvalue weighted by molar-refractivity contribution is 0.579. The van der Waals surface area contributed by atoms with E-state index >= 15 is 0 Å². The molecule has 2 rings (SSSR count). The van der Waals surface area contributed by atoms with Crippen molar-refractivity contribution in [1.29, 1.82) is 0 Å². The summed E-state index contributed by atoms with van der Waals surface area (Å²) in [4.78, 5) is 8.11. The summed E-state index contributed by atoms with van der Waals surface area (Å²) in [5.41, 5.74) is 0. The zero-order valence-electron chi connectivity index (χ0n) is 8.95. The van der Waals surface area contributed by atoms with E-state index in [1.165, 1.54) is 12.1 Å². The number of benzene rings is 1. The Hall–Kier alpha value is -1.79. The molecule has 0 unspecified atom stereocenters. The molecule has 0 radical (unpaired) electrons. The fraction of sp³-hybridized carbons (Fsp3) is 0.0909. The molecular weight excluding hydrogens is 238 g/mol. The molecule has 0 saturated heterocycles.